The first-order valence-corrected chi connectivity index (χ1v) is 8.29. The van der Waals surface area contributed by atoms with Crippen LogP contribution >= 0.6 is 23.6 Å². The topological polar surface area (TPSA) is 87.7 Å². The maximum atomic E-state index is 11.8. The van der Waals surface area contributed by atoms with Gasteiger partial charge in [-0.2, -0.15) is 0 Å². The number of aryl methyl sites for hydroxylation is 1. The van der Waals surface area contributed by atoms with E-state index in [1.54, 1.807) is 18.2 Å². The second kappa shape index (κ2) is 7.89. The van der Waals surface area contributed by atoms with Gasteiger partial charge in [0.1, 0.15) is 5.00 Å². The van der Waals surface area contributed by atoms with E-state index in [0.29, 0.717) is 21.4 Å². The highest BCUT2D eigenvalue weighted by molar-refractivity contribution is 7.80. The summed E-state index contributed by atoms with van der Waals surface area (Å²) in [6.45, 7) is 2.00. The maximum absolute atomic E-state index is 11.8. The summed E-state index contributed by atoms with van der Waals surface area (Å²) in [5, 5.41) is 15.7. The molecule has 24 heavy (non-hydrogen) atoms. The number of thiophene rings is 1. The van der Waals surface area contributed by atoms with Crippen LogP contribution in [0.1, 0.15) is 32.5 Å². The number of anilines is 2. The molecule has 0 fully saturated rings. The van der Waals surface area contributed by atoms with Crippen molar-refractivity contribution in [1.82, 2.24) is 0 Å². The van der Waals surface area contributed by atoms with Crippen LogP contribution in [0.2, 0.25) is 0 Å². The van der Waals surface area contributed by atoms with Crippen molar-refractivity contribution in [3.05, 3.63) is 46.3 Å². The van der Waals surface area contributed by atoms with Crippen molar-refractivity contribution < 1.29 is 19.4 Å². The molecule has 0 bridgehead atoms. The molecule has 8 heteroatoms. The molecule has 1 heterocycles. The highest BCUT2D eigenvalue weighted by atomic mass is 32.1. The molecule has 2 aromatic rings. The Kier molecular flexibility index (Phi) is 5.88. The molecule has 1 aromatic heterocycles. The standard InChI is InChI=1S/C16H16N2O4S2/c1-3-11-8-12(15(21)22-2)13(24-11)18-16(23)17-10-6-4-9(5-7-10)14(19)20/h4-8H,3H2,1-2H3,(H,19,20)(H2,17,18,23). The smallest absolute Gasteiger partial charge is 0.340 e. The Morgan fingerprint density at radius 1 is 1.25 bits per heavy atom. The number of carbonyl (C=O) groups is 2. The molecule has 3 N–H and O–H groups in total. The van der Waals surface area contributed by atoms with Gasteiger partial charge in [0.05, 0.1) is 18.2 Å². The van der Waals surface area contributed by atoms with Crippen LogP contribution in [0.15, 0.2) is 30.3 Å². The molecule has 0 aliphatic rings. The zero-order valence-corrected chi connectivity index (χ0v) is 14.7. The number of esters is 1. The first kappa shape index (κ1) is 17.9. The molecule has 0 aliphatic carbocycles. The number of hydrogen-bond acceptors (Lipinski definition) is 5. The summed E-state index contributed by atoms with van der Waals surface area (Å²) in [5.41, 5.74) is 1.27. The lowest BCUT2D eigenvalue weighted by molar-refractivity contribution is 0.0601. The summed E-state index contributed by atoms with van der Waals surface area (Å²) in [6, 6.07) is 7.97. The Hall–Kier alpha value is -2.45. The van der Waals surface area contributed by atoms with Crippen LogP contribution in [0.4, 0.5) is 10.7 Å². The molecule has 0 spiro atoms. The van der Waals surface area contributed by atoms with E-state index in [2.05, 4.69) is 10.6 Å². The summed E-state index contributed by atoms with van der Waals surface area (Å²) >= 11 is 6.68. The fraction of sp³-hybridized carbons (Fsp3) is 0.188. The number of carbonyl (C=O) groups excluding carboxylic acids is 1. The van der Waals surface area contributed by atoms with Gasteiger partial charge in [-0.15, -0.1) is 11.3 Å². The Morgan fingerprint density at radius 2 is 1.92 bits per heavy atom. The second-order valence-corrected chi connectivity index (χ2v) is 6.31. The fourth-order valence-corrected chi connectivity index (χ4v) is 3.21. The van der Waals surface area contributed by atoms with Gasteiger partial charge in [-0.05, 0) is 49.0 Å². The fourth-order valence-electron chi connectivity index (χ4n) is 1.93. The lowest BCUT2D eigenvalue weighted by Gasteiger charge is -2.10. The largest absolute Gasteiger partial charge is 0.478 e. The van der Waals surface area contributed by atoms with Gasteiger partial charge in [0.15, 0.2) is 5.11 Å². The van der Waals surface area contributed by atoms with E-state index in [1.807, 2.05) is 6.92 Å². The van der Waals surface area contributed by atoms with E-state index in [4.69, 9.17) is 22.1 Å². The predicted octanol–water partition coefficient (Wildman–Crippen LogP) is 3.60. The first-order chi connectivity index (χ1) is 11.4. The Morgan fingerprint density at radius 3 is 2.46 bits per heavy atom. The predicted molar refractivity (Wildman–Crippen MR) is 98.3 cm³/mol. The average molecular weight is 364 g/mol. The molecule has 0 aliphatic heterocycles. The zero-order chi connectivity index (χ0) is 17.7. The van der Waals surface area contributed by atoms with Crippen molar-refractivity contribution in [3.63, 3.8) is 0 Å². The monoisotopic (exact) mass is 364 g/mol. The van der Waals surface area contributed by atoms with Gasteiger partial charge in [0.25, 0.3) is 0 Å². The van der Waals surface area contributed by atoms with Gasteiger partial charge >= 0.3 is 11.9 Å². The number of ether oxygens (including phenoxy) is 1. The van der Waals surface area contributed by atoms with Crippen molar-refractivity contribution in [3.8, 4) is 0 Å². The van der Waals surface area contributed by atoms with Crippen LogP contribution in [-0.4, -0.2) is 29.3 Å². The Balaban J connectivity index is 2.10. The quantitative estimate of drug-likeness (QED) is 0.552. The van der Waals surface area contributed by atoms with Crippen LogP contribution < -0.4 is 10.6 Å². The number of thiocarbonyl (C=S) groups is 1. The minimum atomic E-state index is -0.990. The van der Waals surface area contributed by atoms with Gasteiger partial charge < -0.3 is 20.5 Å². The summed E-state index contributed by atoms with van der Waals surface area (Å²) in [6.07, 6.45) is 0.799. The highest BCUT2D eigenvalue weighted by Crippen LogP contribution is 2.29. The molecular formula is C16H16N2O4S2. The molecular weight excluding hydrogens is 348 g/mol. The number of nitrogens with one attached hydrogen (secondary N) is 2. The van der Waals surface area contributed by atoms with Crippen molar-refractivity contribution in [2.24, 2.45) is 0 Å². The number of carboxylic acid groups (broad SMARTS) is 1. The molecule has 2 rings (SSSR count). The van der Waals surface area contributed by atoms with Crippen LogP contribution in [0.3, 0.4) is 0 Å². The van der Waals surface area contributed by atoms with Crippen molar-refractivity contribution in [2.45, 2.75) is 13.3 Å². The average Bonchev–Trinajstić information content (AvgIpc) is 2.97. The molecule has 0 radical (unpaired) electrons. The lowest BCUT2D eigenvalue weighted by Crippen LogP contribution is -2.19. The zero-order valence-electron chi connectivity index (χ0n) is 13.1. The number of rotatable bonds is 5. The summed E-state index contributed by atoms with van der Waals surface area (Å²) in [5.74, 6) is -1.42. The molecule has 6 nitrogen and oxygen atoms in total. The summed E-state index contributed by atoms with van der Waals surface area (Å²) < 4.78 is 4.78. The van der Waals surface area contributed by atoms with Crippen molar-refractivity contribution >= 4 is 51.3 Å². The second-order valence-electron chi connectivity index (χ2n) is 4.76. The van der Waals surface area contributed by atoms with Gasteiger partial charge in [-0.3, -0.25) is 0 Å². The third-order valence-corrected chi connectivity index (χ3v) is 4.55. The van der Waals surface area contributed by atoms with E-state index in [9.17, 15) is 9.59 Å². The lowest BCUT2D eigenvalue weighted by atomic mass is 10.2. The molecule has 126 valence electrons. The van der Waals surface area contributed by atoms with E-state index >= 15 is 0 Å². The van der Waals surface area contributed by atoms with Gasteiger partial charge in [-0.1, -0.05) is 6.92 Å². The normalized spacial score (nSPS) is 10.1. The van der Waals surface area contributed by atoms with Crippen LogP contribution in [-0.2, 0) is 11.2 Å². The Bertz CT molecular complexity index is 769. The maximum Gasteiger partial charge on any atom is 0.340 e. The third-order valence-electron chi connectivity index (χ3n) is 3.15. The van der Waals surface area contributed by atoms with Gasteiger partial charge in [0, 0.05) is 10.6 Å². The third kappa shape index (κ3) is 4.30. The highest BCUT2D eigenvalue weighted by Gasteiger charge is 2.17. The number of hydrogen-bond donors (Lipinski definition) is 3. The molecule has 0 unspecified atom stereocenters. The molecule has 0 atom stereocenters. The van der Waals surface area contributed by atoms with Crippen molar-refractivity contribution in [2.75, 3.05) is 17.7 Å². The molecule has 0 saturated carbocycles. The van der Waals surface area contributed by atoms with E-state index in [-0.39, 0.29) is 5.56 Å². The van der Waals surface area contributed by atoms with E-state index < -0.39 is 11.9 Å². The number of benzene rings is 1. The molecule has 1 aromatic carbocycles. The van der Waals surface area contributed by atoms with Crippen LogP contribution in [0.25, 0.3) is 0 Å². The number of methoxy groups -OCH3 is 1. The SMILES string of the molecule is CCc1cc(C(=O)OC)c(NC(=S)Nc2ccc(C(=O)O)cc2)s1. The molecule has 0 saturated heterocycles. The van der Waals surface area contributed by atoms with E-state index in [0.717, 1.165) is 11.3 Å². The van der Waals surface area contributed by atoms with Crippen LogP contribution in [0.5, 0.6) is 0 Å². The number of aromatic carboxylic acids is 1. The minimum Gasteiger partial charge on any atom is -0.478 e. The van der Waals surface area contributed by atoms with Crippen molar-refractivity contribution in [1.29, 1.82) is 0 Å². The summed E-state index contributed by atoms with van der Waals surface area (Å²) in [7, 11) is 1.33. The van der Waals surface area contributed by atoms with Gasteiger partial charge in [-0.25, -0.2) is 9.59 Å². The van der Waals surface area contributed by atoms with Gasteiger partial charge in [0.2, 0.25) is 0 Å². The van der Waals surface area contributed by atoms with Crippen LogP contribution in [0, 0.1) is 0 Å². The minimum absolute atomic E-state index is 0.193. The van der Waals surface area contributed by atoms with E-state index in [1.165, 1.54) is 30.6 Å². The number of carboxylic acids is 1. The molecule has 0 amide bonds. The first-order valence-electron chi connectivity index (χ1n) is 7.07. The summed E-state index contributed by atoms with van der Waals surface area (Å²) in [4.78, 5) is 23.7. The Labute approximate surface area is 148 Å².